The molecule has 3 fully saturated rings. The number of likely N-dealkylation sites (tertiary alicyclic amines) is 1. The van der Waals surface area contributed by atoms with Crippen LogP contribution in [0.5, 0.6) is 0 Å². The van der Waals surface area contributed by atoms with Crippen molar-refractivity contribution < 1.29 is 14.3 Å². The standard InChI is InChI=1S/C26H37N5O3S/c1-20(24(32)29-11-9-22(10-12-29)18-21-6-3-2-4-7-21)35-26-28-27-25(30-13-16-33-17-14-30)31(26)19-23-8-5-15-34-23/h2-4,6-7,20,22-23H,5,8-19H2,1H3. The Kier molecular flexibility index (Phi) is 8.26. The first kappa shape index (κ1) is 24.6. The highest BCUT2D eigenvalue weighted by Gasteiger charge is 2.30. The van der Waals surface area contributed by atoms with E-state index in [0.717, 1.165) is 82.5 Å². The topological polar surface area (TPSA) is 72.7 Å². The molecule has 0 radical (unpaired) electrons. The number of ether oxygens (including phenoxy) is 2. The molecule has 35 heavy (non-hydrogen) atoms. The summed E-state index contributed by atoms with van der Waals surface area (Å²) in [4.78, 5) is 17.6. The Hall–Kier alpha value is -2.10. The first-order valence-corrected chi connectivity index (χ1v) is 13.9. The molecule has 0 bridgehead atoms. The van der Waals surface area contributed by atoms with Crippen molar-refractivity contribution in [3.63, 3.8) is 0 Å². The zero-order valence-electron chi connectivity index (χ0n) is 20.7. The number of hydrogen-bond donors (Lipinski definition) is 0. The van der Waals surface area contributed by atoms with Gasteiger partial charge in [-0.2, -0.15) is 0 Å². The quantitative estimate of drug-likeness (QED) is 0.516. The molecule has 0 N–H and O–H groups in total. The van der Waals surface area contributed by atoms with E-state index in [-0.39, 0.29) is 17.3 Å². The predicted molar refractivity (Wildman–Crippen MR) is 137 cm³/mol. The van der Waals surface area contributed by atoms with E-state index < -0.39 is 0 Å². The van der Waals surface area contributed by atoms with Gasteiger partial charge in [-0.25, -0.2) is 0 Å². The lowest BCUT2D eigenvalue weighted by atomic mass is 9.90. The number of carbonyl (C=O) groups is 1. The van der Waals surface area contributed by atoms with E-state index in [1.165, 1.54) is 17.3 Å². The summed E-state index contributed by atoms with van der Waals surface area (Å²) in [6, 6.07) is 10.7. The Labute approximate surface area is 212 Å². The molecule has 0 spiro atoms. The molecule has 190 valence electrons. The minimum absolute atomic E-state index is 0.180. The second kappa shape index (κ2) is 11.8. The number of carbonyl (C=O) groups excluding carboxylic acids is 1. The maximum atomic E-state index is 13.3. The zero-order chi connectivity index (χ0) is 24.0. The second-order valence-corrected chi connectivity index (χ2v) is 11.2. The van der Waals surface area contributed by atoms with E-state index in [0.29, 0.717) is 19.1 Å². The van der Waals surface area contributed by atoms with Gasteiger partial charge in [0.1, 0.15) is 0 Å². The van der Waals surface area contributed by atoms with Gasteiger partial charge in [-0.3, -0.25) is 9.36 Å². The first-order valence-electron chi connectivity index (χ1n) is 13.0. The van der Waals surface area contributed by atoms with Crippen molar-refractivity contribution in [3.8, 4) is 0 Å². The maximum Gasteiger partial charge on any atom is 0.235 e. The van der Waals surface area contributed by atoms with Gasteiger partial charge >= 0.3 is 0 Å². The number of morpholine rings is 1. The molecule has 9 heteroatoms. The van der Waals surface area contributed by atoms with Gasteiger partial charge in [0, 0.05) is 32.8 Å². The van der Waals surface area contributed by atoms with Crippen LogP contribution < -0.4 is 4.90 Å². The number of piperidine rings is 1. The average molecular weight is 500 g/mol. The minimum Gasteiger partial charge on any atom is -0.378 e. The molecule has 1 amide bonds. The molecule has 3 saturated heterocycles. The summed E-state index contributed by atoms with van der Waals surface area (Å²) in [7, 11) is 0. The summed E-state index contributed by atoms with van der Waals surface area (Å²) in [6.07, 6.45) is 5.56. The van der Waals surface area contributed by atoms with Gasteiger partial charge in [0.05, 0.1) is 31.1 Å². The summed E-state index contributed by atoms with van der Waals surface area (Å²) in [6.45, 7) is 8.23. The molecule has 3 aliphatic rings. The van der Waals surface area contributed by atoms with E-state index in [4.69, 9.17) is 9.47 Å². The van der Waals surface area contributed by atoms with Crippen molar-refractivity contribution in [2.75, 3.05) is 50.9 Å². The van der Waals surface area contributed by atoms with Gasteiger partial charge in [0.15, 0.2) is 5.16 Å². The fourth-order valence-corrected chi connectivity index (χ4v) is 6.23. The molecule has 1 aromatic heterocycles. The normalized spacial score (nSPS) is 22.5. The smallest absolute Gasteiger partial charge is 0.235 e. The number of hydrogen-bond acceptors (Lipinski definition) is 7. The van der Waals surface area contributed by atoms with Gasteiger partial charge in [0.25, 0.3) is 0 Å². The Morgan fingerprint density at radius 3 is 2.54 bits per heavy atom. The molecular formula is C26H37N5O3S. The van der Waals surface area contributed by atoms with Crippen LogP contribution in [-0.2, 0) is 27.2 Å². The highest BCUT2D eigenvalue weighted by molar-refractivity contribution is 8.00. The molecular weight excluding hydrogens is 462 g/mol. The van der Waals surface area contributed by atoms with Gasteiger partial charge in [-0.05, 0) is 50.5 Å². The number of amides is 1. The molecule has 2 atom stereocenters. The van der Waals surface area contributed by atoms with Crippen molar-refractivity contribution in [1.82, 2.24) is 19.7 Å². The van der Waals surface area contributed by atoms with E-state index in [1.807, 2.05) is 11.8 Å². The molecule has 2 aromatic rings. The number of rotatable bonds is 8. The Morgan fingerprint density at radius 2 is 1.83 bits per heavy atom. The van der Waals surface area contributed by atoms with Gasteiger partial charge in [-0.15, -0.1) is 10.2 Å². The monoisotopic (exact) mass is 499 g/mol. The van der Waals surface area contributed by atoms with E-state index in [2.05, 4.69) is 50.0 Å². The third-order valence-corrected chi connectivity index (χ3v) is 8.39. The summed E-state index contributed by atoms with van der Waals surface area (Å²) in [5.74, 6) is 1.72. The average Bonchev–Trinajstić information content (AvgIpc) is 3.56. The fourth-order valence-electron chi connectivity index (χ4n) is 5.29. The Balaban J connectivity index is 1.20. The summed E-state index contributed by atoms with van der Waals surface area (Å²) in [5, 5.41) is 9.67. The lowest BCUT2D eigenvalue weighted by Crippen LogP contribution is -2.42. The molecule has 3 aliphatic heterocycles. The van der Waals surface area contributed by atoms with Crippen LogP contribution in [0, 0.1) is 5.92 Å². The number of thioether (sulfide) groups is 1. The largest absolute Gasteiger partial charge is 0.378 e. The molecule has 2 unspecified atom stereocenters. The zero-order valence-corrected chi connectivity index (χ0v) is 21.5. The van der Waals surface area contributed by atoms with Crippen LogP contribution in [0.1, 0.15) is 38.2 Å². The molecule has 5 rings (SSSR count). The number of benzene rings is 1. The summed E-state index contributed by atoms with van der Waals surface area (Å²) in [5.41, 5.74) is 1.39. The van der Waals surface area contributed by atoms with E-state index in [9.17, 15) is 4.79 Å². The second-order valence-electron chi connectivity index (χ2n) is 9.85. The van der Waals surface area contributed by atoms with Crippen LogP contribution in [0.15, 0.2) is 35.5 Å². The first-order chi connectivity index (χ1) is 17.2. The molecule has 0 aliphatic carbocycles. The molecule has 8 nitrogen and oxygen atoms in total. The lowest BCUT2D eigenvalue weighted by molar-refractivity contribution is -0.131. The fraction of sp³-hybridized carbons (Fsp3) is 0.654. The lowest BCUT2D eigenvalue weighted by Gasteiger charge is -2.33. The van der Waals surface area contributed by atoms with Crippen molar-refractivity contribution in [2.24, 2.45) is 5.92 Å². The van der Waals surface area contributed by atoms with Crippen molar-refractivity contribution in [3.05, 3.63) is 35.9 Å². The van der Waals surface area contributed by atoms with E-state index >= 15 is 0 Å². The van der Waals surface area contributed by atoms with Gasteiger partial charge in [-0.1, -0.05) is 42.1 Å². The van der Waals surface area contributed by atoms with Crippen LogP contribution in [0.4, 0.5) is 5.95 Å². The molecule has 4 heterocycles. The van der Waals surface area contributed by atoms with Crippen molar-refractivity contribution in [2.45, 2.75) is 62.1 Å². The van der Waals surface area contributed by atoms with Gasteiger partial charge < -0.3 is 19.3 Å². The van der Waals surface area contributed by atoms with E-state index in [1.54, 1.807) is 0 Å². The number of anilines is 1. The molecule has 0 saturated carbocycles. The number of nitrogens with zero attached hydrogens (tertiary/aromatic N) is 5. The highest BCUT2D eigenvalue weighted by atomic mass is 32.2. The Morgan fingerprint density at radius 1 is 1.06 bits per heavy atom. The van der Waals surface area contributed by atoms with Crippen molar-refractivity contribution in [1.29, 1.82) is 0 Å². The molecule has 1 aromatic carbocycles. The summed E-state index contributed by atoms with van der Waals surface area (Å²) >= 11 is 1.53. The van der Waals surface area contributed by atoms with Crippen LogP contribution in [0.2, 0.25) is 0 Å². The third kappa shape index (κ3) is 6.19. The van der Waals surface area contributed by atoms with Crippen LogP contribution in [-0.4, -0.2) is 82.9 Å². The SMILES string of the molecule is CC(Sc1nnc(N2CCOCC2)n1CC1CCCO1)C(=O)N1CCC(Cc2ccccc2)CC1. The maximum absolute atomic E-state index is 13.3. The van der Waals surface area contributed by atoms with Crippen LogP contribution in [0.3, 0.4) is 0 Å². The van der Waals surface area contributed by atoms with Crippen LogP contribution in [0.25, 0.3) is 0 Å². The summed E-state index contributed by atoms with van der Waals surface area (Å²) < 4.78 is 13.6. The van der Waals surface area contributed by atoms with Crippen molar-refractivity contribution >= 4 is 23.6 Å². The van der Waals surface area contributed by atoms with Gasteiger partial charge in [0.2, 0.25) is 11.9 Å². The third-order valence-electron chi connectivity index (χ3n) is 7.32. The predicted octanol–water partition coefficient (Wildman–Crippen LogP) is 3.26. The highest BCUT2D eigenvalue weighted by Crippen LogP contribution is 2.30. The minimum atomic E-state index is -0.203. The number of aromatic nitrogens is 3. The Bertz CT molecular complexity index is 951. The van der Waals surface area contributed by atoms with Crippen LogP contribution >= 0.6 is 11.8 Å².